The van der Waals surface area contributed by atoms with Crippen molar-refractivity contribution in [3.63, 3.8) is 0 Å². The molecule has 0 spiro atoms. The van der Waals surface area contributed by atoms with Gasteiger partial charge in [0.05, 0.1) is 33.9 Å². The number of rotatable bonds is 13. The van der Waals surface area contributed by atoms with Gasteiger partial charge in [0, 0.05) is 11.9 Å². The predicted molar refractivity (Wildman–Crippen MR) is 138 cm³/mol. The number of carboxylic acid groups (broad SMARTS) is 1. The fourth-order valence-corrected chi connectivity index (χ4v) is 4.34. The molecule has 2 aromatic rings. The molecule has 1 aliphatic heterocycles. The molecule has 1 heterocycles. The summed E-state index contributed by atoms with van der Waals surface area (Å²) in [6.45, 7) is 2.53. The summed E-state index contributed by atoms with van der Waals surface area (Å²) in [5, 5.41) is 19.7. The molecule has 8 nitrogen and oxygen atoms in total. The lowest BCUT2D eigenvalue weighted by Gasteiger charge is -2.17. The molecule has 0 saturated carbocycles. The van der Waals surface area contributed by atoms with Gasteiger partial charge in [0.25, 0.3) is 0 Å². The number of benzene rings is 2. The molecule has 2 atom stereocenters. The molecular formula is C29H39O8-. The van der Waals surface area contributed by atoms with E-state index in [0.29, 0.717) is 36.7 Å². The fraction of sp³-hybridized carbons (Fsp3) is 0.517. The summed E-state index contributed by atoms with van der Waals surface area (Å²) in [5.41, 5.74) is 1.98. The standard InChI is InChI=1S/C21H24O6.C8H16O2/c1-24-18-7-5-13(11-20(18)26-3)8-15-12-27-21(23)16(15)9-14-4-6-17(22)19(10-14)25-2;1-2-3-4-5-6-7-8(9)10/h4-7,10-11,15-16,22H,8-9,12H2,1-3H3;2-7H2,1H3,(H,9,10)/p-1/t15-,16+;/m0./s1. The number of phenolic OH excluding ortho intramolecular Hbond substituents is 1. The first kappa shape index (κ1) is 29.8. The summed E-state index contributed by atoms with van der Waals surface area (Å²) in [7, 11) is 4.70. The molecule has 3 rings (SSSR count). The minimum Gasteiger partial charge on any atom is -0.550 e. The highest BCUT2D eigenvalue weighted by molar-refractivity contribution is 5.75. The molecular weight excluding hydrogens is 476 g/mol. The van der Waals surface area contributed by atoms with Gasteiger partial charge in [-0.3, -0.25) is 4.79 Å². The highest BCUT2D eigenvalue weighted by Gasteiger charge is 2.37. The number of hydrogen-bond donors (Lipinski definition) is 1. The minimum absolute atomic E-state index is 0.0652. The van der Waals surface area contributed by atoms with E-state index in [-0.39, 0.29) is 30.0 Å². The Kier molecular flexibility index (Phi) is 12.6. The quantitative estimate of drug-likeness (QED) is 0.313. The Morgan fingerprint density at radius 3 is 2.19 bits per heavy atom. The molecule has 0 aliphatic carbocycles. The molecule has 0 aromatic heterocycles. The van der Waals surface area contributed by atoms with E-state index in [1.165, 1.54) is 20.0 Å². The first-order valence-corrected chi connectivity index (χ1v) is 12.8. The summed E-state index contributed by atoms with van der Waals surface area (Å²) in [6, 6.07) is 10.9. The smallest absolute Gasteiger partial charge is 0.309 e. The number of aliphatic carboxylic acids is 1. The summed E-state index contributed by atoms with van der Waals surface area (Å²) >= 11 is 0. The van der Waals surface area contributed by atoms with Crippen LogP contribution in [0.1, 0.15) is 56.6 Å². The van der Waals surface area contributed by atoms with Crippen LogP contribution < -0.4 is 19.3 Å². The number of unbranched alkanes of at least 4 members (excludes halogenated alkanes) is 4. The Bertz CT molecular complexity index is 1000. The molecule has 8 heteroatoms. The Hall–Kier alpha value is -3.42. The molecule has 0 amide bonds. The summed E-state index contributed by atoms with van der Waals surface area (Å²) in [4.78, 5) is 22.2. The van der Waals surface area contributed by atoms with Crippen LogP contribution in [0.25, 0.3) is 0 Å². The molecule has 204 valence electrons. The molecule has 1 saturated heterocycles. The third-order valence-electron chi connectivity index (χ3n) is 6.44. The van der Waals surface area contributed by atoms with E-state index in [0.717, 1.165) is 30.4 Å². The first-order valence-electron chi connectivity index (χ1n) is 12.8. The Labute approximate surface area is 219 Å². The predicted octanol–water partition coefficient (Wildman–Crippen LogP) is 4.09. The topological polar surface area (TPSA) is 114 Å². The zero-order valence-electron chi connectivity index (χ0n) is 22.3. The van der Waals surface area contributed by atoms with E-state index in [1.807, 2.05) is 18.2 Å². The zero-order chi connectivity index (χ0) is 27.2. The molecule has 1 fully saturated rings. The van der Waals surface area contributed by atoms with Crippen LogP contribution in [-0.4, -0.2) is 45.0 Å². The average Bonchev–Trinajstić information content (AvgIpc) is 3.23. The van der Waals surface area contributed by atoms with E-state index >= 15 is 0 Å². The molecule has 2 aromatic carbocycles. The van der Waals surface area contributed by atoms with E-state index in [9.17, 15) is 19.8 Å². The second kappa shape index (κ2) is 15.6. The number of carbonyl (C=O) groups is 2. The number of esters is 1. The van der Waals surface area contributed by atoms with Crippen molar-refractivity contribution < 1.29 is 38.7 Å². The number of methoxy groups -OCH3 is 3. The van der Waals surface area contributed by atoms with Crippen LogP contribution in [0, 0.1) is 11.8 Å². The Morgan fingerprint density at radius 1 is 0.919 bits per heavy atom. The number of carboxylic acids is 1. The maximum absolute atomic E-state index is 12.3. The van der Waals surface area contributed by atoms with Crippen molar-refractivity contribution in [2.45, 2.75) is 58.3 Å². The normalized spacial score (nSPS) is 16.4. The van der Waals surface area contributed by atoms with Gasteiger partial charge in [0.15, 0.2) is 23.0 Å². The van der Waals surface area contributed by atoms with Gasteiger partial charge in [-0.2, -0.15) is 0 Å². The van der Waals surface area contributed by atoms with Crippen molar-refractivity contribution in [1.82, 2.24) is 0 Å². The monoisotopic (exact) mass is 515 g/mol. The third-order valence-corrected chi connectivity index (χ3v) is 6.44. The number of carbonyl (C=O) groups excluding carboxylic acids is 2. The van der Waals surface area contributed by atoms with Gasteiger partial charge in [0.1, 0.15) is 0 Å². The summed E-state index contributed by atoms with van der Waals surface area (Å²) < 4.78 is 21.1. The van der Waals surface area contributed by atoms with Gasteiger partial charge in [-0.15, -0.1) is 0 Å². The van der Waals surface area contributed by atoms with Crippen molar-refractivity contribution in [3.8, 4) is 23.0 Å². The van der Waals surface area contributed by atoms with Crippen molar-refractivity contribution in [1.29, 1.82) is 0 Å². The third kappa shape index (κ3) is 9.52. The Morgan fingerprint density at radius 2 is 1.54 bits per heavy atom. The second-order valence-corrected chi connectivity index (χ2v) is 9.14. The van der Waals surface area contributed by atoms with Gasteiger partial charge in [-0.05, 0) is 61.1 Å². The van der Waals surface area contributed by atoms with Crippen LogP contribution in [0.4, 0.5) is 0 Å². The highest BCUT2D eigenvalue weighted by atomic mass is 16.5. The van der Waals surface area contributed by atoms with E-state index < -0.39 is 5.97 Å². The number of aromatic hydroxyl groups is 1. The number of phenols is 1. The lowest BCUT2D eigenvalue weighted by molar-refractivity contribution is -0.305. The second-order valence-electron chi connectivity index (χ2n) is 9.14. The van der Waals surface area contributed by atoms with E-state index in [2.05, 4.69) is 6.92 Å². The van der Waals surface area contributed by atoms with Crippen LogP contribution >= 0.6 is 0 Å². The molecule has 0 bridgehead atoms. The van der Waals surface area contributed by atoms with E-state index in [4.69, 9.17) is 18.9 Å². The van der Waals surface area contributed by atoms with Gasteiger partial charge < -0.3 is 34.0 Å². The molecule has 1 N–H and O–H groups in total. The summed E-state index contributed by atoms with van der Waals surface area (Å²) in [6.07, 6.45) is 6.84. The lowest BCUT2D eigenvalue weighted by atomic mass is 9.85. The average molecular weight is 516 g/mol. The maximum atomic E-state index is 12.3. The van der Waals surface area contributed by atoms with Crippen molar-refractivity contribution in [2.24, 2.45) is 11.8 Å². The van der Waals surface area contributed by atoms with Gasteiger partial charge in [-0.1, -0.05) is 44.7 Å². The van der Waals surface area contributed by atoms with Gasteiger partial charge >= 0.3 is 5.97 Å². The first-order chi connectivity index (χ1) is 17.8. The van der Waals surface area contributed by atoms with Crippen LogP contribution in [0.3, 0.4) is 0 Å². The number of ether oxygens (including phenoxy) is 4. The minimum atomic E-state index is -0.920. The lowest BCUT2D eigenvalue weighted by Crippen LogP contribution is -2.21. The molecule has 0 unspecified atom stereocenters. The molecule has 37 heavy (non-hydrogen) atoms. The van der Waals surface area contributed by atoms with Crippen molar-refractivity contribution in [3.05, 3.63) is 47.5 Å². The van der Waals surface area contributed by atoms with Crippen LogP contribution in [-0.2, 0) is 27.2 Å². The number of cyclic esters (lactones) is 1. The van der Waals surface area contributed by atoms with Crippen LogP contribution in [0.5, 0.6) is 23.0 Å². The maximum Gasteiger partial charge on any atom is 0.309 e. The zero-order valence-corrected chi connectivity index (χ0v) is 22.3. The van der Waals surface area contributed by atoms with Gasteiger partial charge in [0.2, 0.25) is 0 Å². The fourth-order valence-electron chi connectivity index (χ4n) is 4.34. The van der Waals surface area contributed by atoms with Crippen LogP contribution in [0.2, 0.25) is 0 Å². The molecule has 0 radical (unpaired) electrons. The largest absolute Gasteiger partial charge is 0.550 e. The van der Waals surface area contributed by atoms with Crippen LogP contribution in [0.15, 0.2) is 36.4 Å². The molecule has 1 aliphatic rings. The highest BCUT2D eigenvalue weighted by Crippen LogP contribution is 2.34. The SMILES string of the molecule is CCCCCCCC(=O)[O-].COc1cc(C[C@H]2C(=O)OC[C@@H]2Cc2ccc(OC)c(OC)c2)ccc1O. The Balaban J connectivity index is 0.000000410. The number of hydrogen-bond acceptors (Lipinski definition) is 8. The van der Waals surface area contributed by atoms with E-state index in [1.54, 1.807) is 32.4 Å². The van der Waals surface area contributed by atoms with Crippen molar-refractivity contribution in [2.75, 3.05) is 27.9 Å². The summed E-state index contributed by atoms with van der Waals surface area (Å²) in [5.74, 6) is 0.534. The van der Waals surface area contributed by atoms with Crippen molar-refractivity contribution >= 4 is 11.9 Å². The van der Waals surface area contributed by atoms with Gasteiger partial charge in [-0.25, -0.2) is 0 Å².